The summed E-state index contributed by atoms with van der Waals surface area (Å²) >= 11 is 0. The van der Waals surface area contributed by atoms with Crippen LogP contribution < -0.4 is 9.47 Å². The summed E-state index contributed by atoms with van der Waals surface area (Å²) in [7, 11) is 3.08. The largest absolute Gasteiger partial charge is 0.497 e. The summed E-state index contributed by atoms with van der Waals surface area (Å²) < 4.78 is 15.6. The normalized spacial score (nSPS) is 18.8. The Balaban J connectivity index is 1.90. The van der Waals surface area contributed by atoms with Crippen LogP contribution in [0.15, 0.2) is 60.7 Å². The van der Waals surface area contributed by atoms with E-state index < -0.39 is 17.5 Å². The van der Waals surface area contributed by atoms with E-state index in [-0.39, 0.29) is 18.0 Å². The third-order valence-corrected chi connectivity index (χ3v) is 5.06. The number of rotatable bonds is 8. The minimum atomic E-state index is -1.20. The molecule has 6 heteroatoms. The van der Waals surface area contributed by atoms with Crippen molar-refractivity contribution in [1.29, 1.82) is 0 Å². The van der Waals surface area contributed by atoms with Gasteiger partial charge in [-0.25, -0.2) is 4.79 Å². The molecule has 0 aromatic heterocycles. The fourth-order valence-electron chi connectivity index (χ4n) is 3.30. The highest BCUT2D eigenvalue weighted by molar-refractivity contribution is 6.05. The first-order chi connectivity index (χ1) is 13.9. The predicted molar refractivity (Wildman–Crippen MR) is 106 cm³/mol. The number of esters is 1. The monoisotopic (exact) mass is 394 g/mol. The minimum absolute atomic E-state index is 0.106. The van der Waals surface area contributed by atoms with Gasteiger partial charge in [0.1, 0.15) is 17.1 Å². The molecule has 150 valence electrons. The van der Waals surface area contributed by atoms with Gasteiger partial charge in [-0.15, -0.1) is 0 Å². The number of methoxy groups -OCH3 is 2. The van der Waals surface area contributed by atoms with Gasteiger partial charge in [0.15, 0.2) is 11.6 Å². The van der Waals surface area contributed by atoms with E-state index in [2.05, 4.69) is 0 Å². The molecule has 0 bridgehead atoms. The summed E-state index contributed by atoms with van der Waals surface area (Å²) in [5, 5.41) is 0. The van der Waals surface area contributed by atoms with Gasteiger partial charge in [0.05, 0.1) is 20.1 Å². The Morgan fingerprint density at radius 2 is 1.45 bits per heavy atom. The lowest BCUT2D eigenvalue weighted by Crippen LogP contribution is -2.40. The summed E-state index contributed by atoms with van der Waals surface area (Å²) in [5.74, 6) is -0.656. The molecule has 0 amide bonds. The van der Waals surface area contributed by atoms with Gasteiger partial charge in [0.2, 0.25) is 0 Å². The van der Waals surface area contributed by atoms with Crippen molar-refractivity contribution >= 4 is 17.5 Å². The molecular weight excluding hydrogens is 372 g/mol. The van der Waals surface area contributed by atoms with Crippen LogP contribution in [0.5, 0.6) is 11.5 Å². The van der Waals surface area contributed by atoms with Crippen LogP contribution in [0.2, 0.25) is 0 Å². The first-order valence-electron chi connectivity index (χ1n) is 9.14. The molecule has 2 atom stereocenters. The number of ether oxygens (including phenoxy) is 3. The summed E-state index contributed by atoms with van der Waals surface area (Å²) in [5.41, 5.74) is -0.331. The van der Waals surface area contributed by atoms with Crippen molar-refractivity contribution in [2.24, 2.45) is 5.92 Å². The molecule has 0 fully saturated rings. The average molecular weight is 394 g/mol. The van der Waals surface area contributed by atoms with E-state index in [1.807, 2.05) is 0 Å². The first-order valence-corrected chi connectivity index (χ1v) is 9.14. The molecule has 1 heterocycles. The molecular formula is C23H22O6. The van der Waals surface area contributed by atoms with Crippen LogP contribution in [-0.2, 0) is 9.53 Å². The maximum absolute atomic E-state index is 13.3. The van der Waals surface area contributed by atoms with Crippen molar-refractivity contribution < 1.29 is 28.6 Å². The lowest BCUT2D eigenvalue weighted by atomic mass is 9.79. The summed E-state index contributed by atoms with van der Waals surface area (Å²) in [6.07, 6.45) is 2.72. The number of carbonyl (C=O) groups excluding carboxylic acids is 3. The van der Waals surface area contributed by atoms with Crippen LogP contribution in [0.3, 0.4) is 0 Å². The highest BCUT2D eigenvalue weighted by atomic mass is 16.6. The molecule has 0 saturated heterocycles. The minimum Gasteiger partial charge on any atom is -0.497 e. The Morgan fingerprint density at radius 1 is 0.931 bits per heavy atom. The smallest absolute Gasteiger partial charge is 0.331 e. The van der Waals surface area contributed by atoms with E-state index in [1.54, 1.807) is 68.6 Å². The zero-order valence-corrected chi connectivity index (χ0v) is 16.5. The fraction of sp³-hybridized carbons (Fsp3) is 0.261. The first kappa shape index (κ1) is 20.3. The van der Waals surface area contributed by atoms with Gasteiger partial charge in [0, 0.05) is 23.6 Å². The van der Waals surface area contributed by atoms with Crippen molar-refractivity contribution in [3.05, 3.63) is 71.8 Å². The molecule has 3 rings (SSSR count). The predicted octanol–water partition coefficient (Wildman–Crippen LogP) is 3.65. The highest BCUT2D eigenvalue weighted by Crippen LogP contribution is 2.34. The lowest BCUT2D eigenvalue weighted by Gasteiger charge is -2.30. The van der Waals surface area contributed by atoms with E-state index in [0.29, 0.717) is 22.6 Å². The van der Waals surface area contributed by atoms with Crippen LogP contribution in [-0.4, -0.2) is 37.4 Å². The Kier molecular flexibility index (Phi) is 5.82. The van der Waals surface area contributed by atoms with Gasteiger partial charge in [0.25, 0.3) is 0 Å². The van der Waals surface area contributed by atoms with Gasteiger partial charge < -0.3 is 14.2 Å². The lowest BCUT2D eigenvalue weighted by molar-refractivity contribution is -0.146. The molecule has 1 aliphatic rings. The third-order valence-electron chi connectivity index (χ3n) is 5.06. The van der Waals surface area contributed by atoms with Gasteiger partial charge in [-0.05, 0) is 61.5 Å². The van der Waals surface area contributed by atoms with E-state index in [1.165, 1.54) is 13.2 Å². The fourth-order valence-corrected chi connectivity index (χ4v) is 3.30. The molecule has 1 aliphatic heterocycles. The molecule has 2 aromatic rings. The van der Waals surface area contributed by atoms with E-state index in [0.717, 1.165) is 0 Å². The topological polar surface area (TPSA) is 78.9 Å². The Labute approximate surface area is 169 Å². The Morgan fingerprint density at radius 3 is 1.90 bits per heavy atom. The Hall–Kier alpha value is -3.41. The number of cyclic esters (lactones) is 1. The molecule has 0 radical (unpaired) electrons. The molecule has 0 N–H and O–H groups in total. The number of carbonyl (C=O) groups is 3. The maximum Gasteiger partial charge on any atom is 0.331 e. The maximum atomic E-state index is 13.3. The van der Waals surface area contributed by atoms with Crippen LogP contribution in [0.4, 0.5) is 0 Å². The molecule has 0 spiro atoms. The zero-order chi connectivity index (χ0) is 21.0. The number of ketones is 2. The van der Waals surface area contributed by atoms with Crippen molar-refractivity contribution in [2.45, 2.75) is 18.9 Å². The SMILES string of the molecule is COc1ccc(C(=O)CC(C(=O)c2ccc(OC)cc2)C2(C)C=CC(=O)O2)cc1. The van der Waals surface area contributed by atoms with E-state index in [9.17, 15) is 14.4 Å². The highest BCUT2D eigenvalue weighted by Gasteiger charge is 2.44. The van der Waals surface area contributed by atoms with Gasteiger partial charge in [-0.2, -0.15) is 0 Å². The van der Waals surface area contributed by atoms with Crippen LogP contribution in [0.25, 0.3) is 0 Å². The van der Waals surface area contributed by atoms with Crippen molar-refractivity contribution in [1.82, 2.24) is 0 Å². The van der Waals surface area contributed by atoms with Crippen LogP contribution in [0.1, 0.15) is 34.1 Å². The second kappa shape index (κ2) is 8.31. The average Bonchev–Trinajstić information content (AvgIpc) is 3.10. The molecule has 29 heavy (non-hydrogen) atoms. The molecule has 2 aromatic carbocycles. The number of hydrogen-bond donors (Lipinski definition) is 0. The summed E-state index contributed by atoms with van der Waals surface area (Å²) in [6.45, 7) is 1.64. The van der Waals surface area contributed by atoms with Crippen molar-refractivity contribution in [2.75, 3.05) is 14.2 Å². The molecule has 2 unspecified atom stereocenters. The van der Waals surface area contributed by atoms with Crippen molar-refractivity contribution in [3.8, 4) is 11.5 Å². The zero-order valence-electron chi connectivity index (χ0n) is 16.5. The molecule has 0 aliphatic carbocycles. The van der Waals surface area contributed by atoms with Gasteiger partial charge >= 0.3 is 5.97 Å². The number of benzene rings is 2. The Bertz CT molecular complexity index is 942. The summed E-state index contributed by atoms with van der Waals surface area (Å²) in [4.78, 5) is 37.9. The van der Waals surface area contributed by atoms with Crippen LogP contribution in [0, 0.1) is 5.92 Å². The number of Topliss-reactive ketones (excluding diaryl/α,β-unsaturated/α-hetero) is 2. The van der Waals surface area contributed by atoms with E-state index >= 15 is 0 Å². The standard InChI is InChI=1S/C23H22O6/c1-23(13-12-21(25)29-23)19(22(26)16-6-10-18(28-3)11-7-16)14-20(24)15-4-8-17(27-2)9-5-15/h4-13,19H,14H2,1-3H3. The van der Waals surface area contributed by atoms with Gasteiger partial charge in [-0.3, -0.25) is 9.59 Å². The molecule has 6 nitrogen and oxygen atoms in total. The second-order valence-electron chi connectivity index (χ2n) is 6.94. The van der Waals surface area contributed by atoms with Gasteiger partial charge in [-0.1, -0.05) is 0 Å². The third kappa shape index (κ3) is 4.37. The quantitative estimate of drug-likeness (QED) is 0.502. The second-order valence-corrected chi connectivity index (χ2v) is 6.94. The molecule has 0 saturated carbocycles. The summed E-state index contributed by atoms with van der Waals surface area (Å²) in [6, 6.07) is 13.3. The van der Waals surface area contributed by atoms with Crippen molar-refractivity contribution in [3.63, 3.8) is 0 Å². The number of hydrogen-bond acceptors (Lipinski definition) is 6. The van der Waals surface area contributed by atoms with Crippen LogP contribution >= 0.6 is 0 Å². The van der Waals surface area contributed by atoms with E-state index in [4.69, 9.17) is 14.2 Å².